The number of hydrogen-bond acceptors (Lipinski definition) is 2. The summed E-state index contributed by atoms with van der Waals surface area (Å²) in [5.41, 5.74) is 0.248. The van der Waals surface area contributed by atoms with E-state index in [-0.39, 0.29) is 11.5 Å². The van der Waals surface area contributed by atoms with Crippen LogP contribution in [-0.4, -0.2) is 25.2 Å². The van der Waals surface area contributed by atoms with Crippen molar-refractivity contribution in [2.75, 3.05) is 13.7 Å². The van der Waals surface area contributed by atoms with Crippen molar-refractivity contribution < 1.29 is 9.53 Å². The van der Waals surface area contributed by atoms with Gasteiger partial charge in [0.1, 0.15) is 0 Å². The Hall–Kier alpha value is -0.390. The van der Waals surface area contributed by atoms with E-state index in [0.717, 1.165) is 8.95 Å². The number of nitrogens with one attached hydrogen (secondary N) is 1. The first-order valence-corrected chi connectivity index (χ1v) is 6.73. The smallest absolute Gasteiger partial charge is 0.252 e. The average molecular weight is 365 g/mol. The van der Waals surface area contributed by atoms with Crippen LogP contribution < -0.4 is 5.32 Å². The van der Waals surface area contributed by atoms with Crippen LogP contribution >= 0.6 is 31.9 Å². The number of ether oxygens (including phenoxy) is 1. The fourth-order valence-corrected chi connectivity index (χ4v) is 2.36. The summed E-state index contributed by atoms with van der Waals surface area (Å²) in [4.78, 5) is 11.9. The van der Waals surface area contributed by atoms with E-state index in [1.54, 1.807) is 13.2 Å². The van der Waals surface area contributed by atoms with Crippen LogP contribution in [0, 0.1) is 0 Å². The highest BCUT2D eigenvalue weighted by atomic mass is 79.9. The van der Waals surface area contributed by atoms with Crippen molar-refractivity contribution in [3.05, 3.63) is 32.7 Å². The van der Waals surface area contributed by atoms with Gasteiger partial charge in [0.15, 0.2) is 0 Å². The van der Waals surface area contributed by atoms with Crippen molar-refractivity contribution in [3.8, 4) is 0 Å². The van der Waals surface area contributed by atoms with Crippen LogP contribution in [0.15, 0.2) is 27.1 Å². The standard InChI is InChI=1S/C12H15Br2NO2/c1-12(2,17-3)7-15-11(16)9-5-4-8(13)6-10(9)14/h4-6H,7H2,1-3H3,(H,15,16). The molecule has 0 spiro atoms. The largest absolute Gasteiger partial charge is 0.377 e. The predicted octanol–water partition coefficient (Wildman–Crippen LogP) is 3.37. The molecule has 0 saturated heterocycles. The minimum Gasteiger partial charge on any atom is -0.377 e. The van der Waals surface area contributed by atoms with Gasteiger partial charge < -0.3 is 10.1 Å². The number of rotatable bonds is 4. The third kappa shape index (κ3) is 4.41. The normalized spacial score (nSPS) is 11.4. The van der Waals surface area contributed by atoms with Crippen LogP contribution in [-0.2, 0) is 4.74 Å². The summed E-state index contributed by atoms with van der Waals surface area (Å²) in [7, 11) is 1.63. The summed E-state index contributed by atoms with van der Waals surface area (Å²) >= 11 is 6.71. The Morgan fingerprint density at radius 2 is 2.06 bits per heavy atom. The quantitative estimate of drug-likeness (QED) is 0.889. The Balaban J connectivity index is 2.71. The molecule has 0 bridgehead atoms. The van der Waals surface area contributed by atoms with Gasteiger partial charge >= 0.3 is 0 Å². The Labute approximate surface area is 118 Å². The molecule has 0 fully saturated rings. The number of carbonyl (C=O) groups excluding carboxylic acids is 1. The van der Waals surface area contributed by atoms with Gasteiger partial charge in [-0.25, -0.2) is 0 Å². The lowest BCUT2D eigenvalue weighted by atomic mass is 10.1. The number of carbonyl (C=O) groups is 1. The third-order valence-corrected chi connectivity index (χ3v) is 3.55. The van der Waals surface area contributed by atoms with Gasteiger partial charge in [0.05, 0.1) is 11.2 Å². The third-order valence-electron chi connectivity index (χ3n) is 2.40. The van der Waals surface area contributed by atoms with E-state index in [1.165, 1.54) is 0 Å². The lowest BCUT2D eigenvalue weighted by Crippen LogP contribution is -2.39. The van der Waals surface area contributed by atoms with E-state index in [4.69, 9.17) is 4.74 Å². The molecule has 0 heterocycles. The highest BCUT2D eigenvalue weighted by molar-refractivity contribution is 9.11. The SMILES string of the molecule is COC(C)(C)CNC(=O)c1ccc(Br)cc1Br. The molecule has 1 N–H and O–H groups in total. The maximum atomic E-state index is 11.9. The molecule has 0 unspecified atom stereocenters. The van der Waals surface area contributed by atoms with Gasteiger partial charge in [-0.3, -0.25) is 4.79 Å². The summed E-state index contributed by atoms with van der Waals surface area (Å²) in [6.07, 6.45) is 0. The highest BCUT2D eigenvalue weighted by Gasteiger charge is 2.18. The fourth-order valence-electron chi connectivity index (χ4n) is 1.13. The molecule has 0 aliphatic heterocycles. The molecular weight excluding hydrogens is 350 g/mol. The molecule has 0 aliphatic rings. The second-order valence-corrected chi connectivity index (χ2v) is 6.04. The molecule has 0 saturated carbocycles. The molecule has 94 valence electrons. The van der Waals surface area contributed by atoms with Crippen molar-refractivity contribution in [3.63, 3.8) is 0 Å². The van der Waals surface area contributed by atoms with Crippen LogP contribution in [0.4, 0.5) is 0 Å². The zero-order valence-electron chi connectivity index (χ0n) is 10.0. The minimum atomic E-state index is -0.364. The molecule has 1 rings (SSSR count). The minimum absolute atomic E-state index is 0.116. The lowest BCUT2D eigenvalue weighted by molar-refractivity contribution is 0.0228. The van der Waals surface area contributed by atoms with E-state index in [2.05, 4.69) is 37.2 Å². The van der Waals surface area contributed by atoms with Crippen molar-refractivity contribution >= 4 is 37.8 Å². The van der Waals surface area contributed by atoms with Gasteiger partial charge in [-0.15, -0.1) is 0 Å². The molecular formula is C12H15Br2NO2. The molecule has 1 amide bonds. The first-order valence-electron chi connectivity index (χ1n) is 5.14. The van der Waals surface area contributed by atoms with Crippen molar-refractivity contribution in [2.45, 2.75) is 19.4 Å². The molecule has 1 aromatic carbocycles. The van der Waals surface area contributed by atoms with E-state index in [1.807, 2.05) is 26.0 Å². The first-order chi connectivity index (χ1) is 7.85. The maximum absolute atomic E-state index is 11.9. The van der Waals surface area contributed by atoms with Crippen LogP contribution in [0.2, 0.25) is 0 Å². The number of amides is 1. The Morgan fingerprint density at radius 1 is 1.41 bits per heavy atom. The van der Waals surface area contributed by atoms with Gasteiger partial charge in [0, 0.05) is 22.6 Å². The number of halogens is 2. The van der Waals surface area contributed by atoms with Crippen LogP contribution in [0.3, 0.4) is 0 Å². The predicted molar refractivity (Wildman–Crippen MR) is 75.3 cm³/mol. The van der Waals surface area contributed by atoms with E-state index in [0.29, 0.717) is 12.1 Å². The summed E-state index contributed by atoms with van der Waals surface area (Å²) < 4.78 is 6.93. The summed E-state index contributed by atoms with van der Waals surface area (Å²) in [5, 5.41) is 2.84. The van der Waals surface area contributed by atoms with E-state index < -0.39 is 0 Å². The monoisotopic (exact) mass is 363 g/mol. The number of hydrogen-bond donors (Lipinski definition) is 1. The van der Waals surface area contributed by atoms with E-state index >= 15 is 0 Å². The zero-order valence-corrected chi connectivity index (χ0v) is 13.2. The molecule has 3 nitrogen and oxygen atoms in total. The Bertz CT molecular complexity index is 419. The highest BCUT2D eigenvalue weighted by Crippen LogP contribution is 2.21. The fraction of sp³-hybridized carbons (Fsp3) is 0.417. The van der Waals surface area contributed by atoms with Crippen LogP contribution in [0.25, 0.3) is 0 Å². The molecule has 0 atom stereocenters. The molecule has 0 aromatic heterocycles. The lowest BCUT2D eigenvalue weighted by Gasteiger charge is -2.23. The van der Waals surface area contributed by atoms with Gasteiger partial charge in [0.2, 0.25) is 0 Å². The van der Waals surface area contributed by atoms with Gasteiger partial charge in [-0.05, 0) is 48.0 Å². The summed E-state index contributed by atoms with van der Waals surface area (Å²) in [6.45, 7) is 4.30. The molecule has 17 heavy (non-hydrogen) atoms. The second kappa shape index (κ2) is 5.98. The van der Waals surface area contributed by atoms with Crippen molar-refractivity contribution in [1.82, 2.24) is 5.32 Å². The van der Waals surface area contributed by atoms with Crippen LogP contribution in [0.1, 0.15) is 24.2 Å². The van der Waals surface area contributed by atoms with Gasteiger partial charge in [0.25, 0.3) is 5.91 Å². The van der Waals surface area contributed by atoms with Gasteiger partial charge in [-0.1, -0.05) is 15.9 Å². The number of methoxy groups -OCH3 is 1. The zero-order chi connectivity index (χ0) is 13.1. The average Bonchev–Trinajstić information content (AvgIpc) is 2.26. The maximum Gasteiger partial charge on any atom is 0.252 e. The Morgan fingerprint density at radius 3 is 2.59 bits per heavy atom. The number of benzene rings is 1. The Kier molecular flexibility index (Phi) is 5.16. The van der Waals surface area contributed by atoms with Crippen LogP contribution in [0.5, 0.6) is 0 Å². The van der Waals surface area contributed by atoms with Gasteiger partial charge in [-0.2, -0.15) is 0 Å². The molecule has 0 aliphatic carbocycles. The van der Waals surface area contributed by atoms with Crippen molar-refractivity contribution in [2.24, 2.45) is 0 Å². The topological polar surface area (TPSA) is 38.3 Å². The van der Waals surface area contributed by atoms with Crippen molar-refractivity contribution in [1.29, 1.82) is 0 Å². The molecule has 1 aromatic rings. The van der Waals surface area contributed by atoms with E-state index in [9.17, 15) is 4.79 Å². The summed E-state index contributed by atoms with van der Waals surface area (Å²) in [5.74, 6) is -0.116. The second-order valence-electron chi connectivity index (χ2n) is 4.27. The first kappa shape index (κ1) is 14.7. The summed E-state index contributed by atoms with van der Waals surface area (Å²) in [6, 6.07) is 5.45. The molecule has 5 heteroatoms. The molecule has 0 radical (unpaired) electrons.